The quantitative estimate of drug-likeness (QED) is 0.415. The molecule has 6 nitrogen and oxygen atoms in total. The maximum Gasteiger partial charge on any atom is 0.218 e. The molecular formula is C16H22N4O2S. The van der Waals surface area contributed by atoms with E-state index in [1.807, 2.05) is 18.2 Å². The highest BCUT2D eigenvalue weighted by Crippen LogP contribution is 2.15. The van der Waals surface area contributed by atoms with E-state index in [0.717, 1.165) is 18.5 Å². The predicted molar refractivity (Wildman–Crippen MR) is 93.0 cm³/mol. The monoisotopic (exact) mass is 334 g/mol. The molecule has 7 heteroatoms. The fourth-order valence-electron chi connectivity index (χ4n) is 1.89. The fraction of sp³-hybridized carbons (Fsp3) is 0.375. The lowest BCUT2D eigenvalue weighted by Crippen LogP contribution is -2.33. The van der Waals surface area contributed by atoms with Crippen LogP contribution in [0.1, 0.15) is 10.4 Å². The maximum absolute atomic E-state index is 5.89. The van der Waals surface area contributed by atoms with E-state index < -0.39 is 0 Å². The van der Waals surface area contributed by atoms with Crippen molar-refractivity contribution in [3.63, 3.8) is 0 Å². The van der Waals surface area contributed by atoms with Crippen LogP contribution in [0, 0.1) is 0 Å². The molecular weight excluding hydrogens is 312 g/mol. The lowest BCUT2D eigenvalue weighted by molar-refractivity contribution is 0.143. The lowest BCUT2D eigenvalue weighted by atomic mass is 10.3. The molecule has 2 aromatic rings. The van der Waals surface area contributed by atoms with Crippen LogP contribution in [0.2, 0.25) is 0 Å². The highest BCUT2D eigenvalue weighted by atomic mass is 32.1. The first-order chi connectivity index (χ1) is 11.3. The van der Waals surface area contributed by atoms with E-state index in [1.54, 1.807) is 24.6 Å². The topological polar surface area (TPSA) is 81.8 Å². The summed E-state index contributed by atoms with van der Waals surface area (Å²) in [5.74, 6) is 0.993. The van der Waals surface area contributed by atoms with E-state index >= 15 is 0 Å². The van der Waals surface area contributed by atoms with Gasteiger partial charge in [-0.15, -0.1) is 11.3 Å². The first-order valence-corrected chi connectivity index (χ1v) is 8.29. The number of nitrogens with one attached hydrogen (secondary N) is 1. The largest absolute Gasteiger partial charge is 0.475 e. The lowest BCUT2D eigenvalue weighted by Gasteiger charge is -2.09. The van der Waals surface area contributed by atoms with Gasteiger partial charge in [-0.3, -0.25) is 0 Å². The van der Waals surface area contributed by atoms with Gasteiger partial charge in [-0.1, -0.05) is 12.1 Å². The molecule has 2 rings (SSSR count). The number of aromatic nitrogens is 1. The molecule has 2 aromatic heterocycles. The van der Waals surface area contributed by atoms with Crippen molar-refractivity contribution in [1.29, 1.82) is 0 Å². The Balaban J connectivity index is 1.81. The number of nitrogens with zero attached hydrogens (tertiary/aromatic N) is 2. The van der Waals surface area contributed by atoms with E-state index in [1.165, 1.54) is 4.88 Å². The van der Waals surface area contributed by atoms with Gasteiger partial charge in [0.05, 0.1) is 13.2 Å². The Kier molecular flexibility index (Phi) is 7.35. The van der Waals surface area contributed by atoms with Gasteiger partial charge in [-0.05, 0) is 23.9 Å². The fourth-order valence-corrected chi connectivity index (χ4v) is 2.60. The van der Waals surface area contributed by atoms with Gasteiger partial charge in [0.2, 0.25) is 5.88 Å². The summed E-state index contributed by atoms with van der Waals surface area (Å²) in [4.78, 5) is 9.88. The Labute approximate surface area is 140 Å². The molecule has 0 amide bonds. The molecule has 0 aliphatic carbocycles. The first-order valence-electron chi connectivity index (χ1n) is 7.41. The van der Waals surface area contributed by atoms with Crippen LogP contribution < -0.4 is 15.8 Å². The van der Waals surface area contributed by atoms with Crippen molar-refractivity contribution in [2.24, 2.45) is 10.7 Å². The first kappa shape index (κ1) is 17.2. The maximum atomic E-state index is 5.89. The zero-order chi connectivity index (χ0) is 16.3. The van der Waals surface area contributed by atoms with Crippen molar-refractivity contribution in [3.05, 3.63) is 46.3 Å². The third kappa shape index (κ3) is 6.25. The van der Waals surface area contributed by atoms with Crippen LogP contribution >= 0.6 is 11.3 Å². The number of guanidine groups is 1. The summed E-state index contributed by atoms with van der Waals surface area (Å²) in [5.41, 5.74) is 6.79. The van der Waals surface area contributed by atoms with E-state index in [-0.39, 0.29) is 0 Å². The van der Waals surface area contributed by atoms with E-state index in [4.69, 9.17) is 15.2 Å². The minimum Gasteiger partial charge on any atom is -0.475 e. The van der Waals surface area contributed by atoms with Crippen molar-refractivity contribution in [3.8, 4) is 5.88 Å². The van der Waals surface area contributed by atoms with Crippen LogP contribution in [0.4, 0.5) is 0 Å². The number of thiophene rings is 1. The van der Waals surface area contributed by atoms with Gasteiger partial charge in [0.25, 0.3) is 0 Å². The summed E-state index contributed by atoms with van der Waals surface area (Å²) in [6.45, 7) is 2.17. The third-order valence-corrected chi connectivity index (χ3v) is 3.99. The molecule has 0 fully saturated rings. The molecule has 0 aliphatic rings. The molecule has 0 spiro atoms. The number of hydrogen-bond donors (Lipinski definition) is 2. The molecule has 0 radical (unpaired) electrons. The Morgan fingerprint density at radius 2 is 2.26 bits per heavy atom. The van der Waals surface area contributed by atoms with Crippen molar-refractivity contribution in [1.82, 2.24) is 10.3 Å². The molecule has 3 N–H and O–H groups in total. The van der Waals surface area contributed by atoms with Gasteiger partial charge in [0.1, 0.15) is 6.61 Å². The molecule has 0 saturated carbocycles. The molecule has 0 saturated heterocycles. The van der Waals surface area contributed by atoms with Crippen molar-refractivity contribution >= 4 is 17.3 Å². The zero-order valence-electron chi connectivity index (χ0n) is 13.2. The Morgan fingerprint density at radius 3 is 3.04 bits per heavy atom. The van der Waals surface area contributed by atoms with Gasteiger partial charge in [0.15, 0.2) is 5.96 Å². The smallest absolute Gasteiger partial charge is 0.218 e. The summed E-state index contributed by atoms with van der Waals surface area (Å²) < 4.78 is 10.5. The average Bonchev–Trinajstić information content (AvgIpc) is 3.07. The number of aliphatic imine (C=N–C) groups is 1. The molecule has 2 heterocycles. The summed E-state index contributed by atoms with van der Waals surface area (Å²) in [6, 6.07) is 7.94. The van der Waals surface area contributed by atoms with E-state index in [0.29, 0.717) is 31.6 Å². The highest BCUT2D eigenvalue weighted by molar-refractivity contribution is 7.09. The number of pyridine rings is 1. The van der Waals surface area contributed by atoms with Crippen LogP contribution in [0.3, 0.4) is 0 Å². The second-order valence-corrected chi connectivity index (χ2v) is 5.80. The number of methoxy groups -OCH3 is 1. The van der Waals surface area contributed by atoms with Crippen molar-refractivity contribution in [2.75, 3.05) is 26.9 Å². The van der Waals surface area contributed by atoms with Crippen LogP contribution in [0.25, 0.3) is 0 Å². The molecule has 23 heavy (non-hydrogen) atoms. The number of nitrogens with two attached hydrogens (primary N) is 1. The standard InChI is InChI=1S/C16H22N4O2S/c1-21-9-10-22-15-13(4-2-7-18-15)12-20-16(17)19-8-6-14-5-3-11-23-14/h2-5,7,11H,6,8-10,12H2,1H3,(H3,17,19,20). The van der Waals surface area contributed by atoms with Crippen LogP contribution in [-0.4, -0.2) is 37.8 Å². The normalized spacial score (nSPS) is 11.4. The van der Waals surface area contributed by atoms with Crippen LogP contribution in [0.15, 0.2) is 40.8 Å². The van der Waals surface area contributed by atoms with E-state index in [9.17, 15) is 0 Å². The second kappa shape index (κ2) is 9.81. The minimum atomic E-state index is 0.424. The minimum absolute atomic E-state index is 0.424. The molecule has 0 atom stereocenters. The van der Waals surface area contributed by atoms with Crippen molar-refractivity contribution in [2.45, 2.75) is 13.0 Å². The summed E-state index contributed by atoms with van der Waals surface area (Å²) in [6.07, 6.45) is 2.63. The molecule has 0 unspecified atom stereocenters. The molecule has 124 valence electrons. The van der Waals surface area contributed by atoms with Gasteiger partial charge >= 0.3 is 0 Å². The van der Waals surface area contributed by atoms with Crippen LogP contribution in [-0.2, 0) is 17.7 Å². The third-order valence-electron chi connectivity index (χ3n) is 3.05. The molecule has 0 aromatic carbocycles. The Morgan fingerprint density at radius 1 is 1.35 bits per heavy atom. The summed E-state index contributed by atoms with van der Waals surface area (Å²) in [7, 11) is 1.63. The Hall–Kier alpha value is -2.12. The van der Waals surface area contributed by atoms with Gasteiger partial charge < -0.3 is 20.5 Å². The summed E-state index contributed by atoms with van der Waals surface area (Å²) >= 11 is 1.74. The molecule has 0 aliphatic heterocycles. The summed E-state index contributed by atoms with van der Waals surface area (Å²) in [5, 5.41) is 5.19. The van der Waals surface area contributed by atoms with E-state index in [2.05, 4.69) is 26.7 Å². The average molecular weight is 334 g/mol. The Bertz CT molecular complexity index is 602. The second-order valence-electron chi connectivity index (χ2n) is 4.77. The highest BCUT2D eigenvalue weighted by Gasteiger charge is 2.04. The zero-order valence-corrected chi connectivity index (χ0v) is 14.0. The van der Waals surface area contributed by atoms with Gasteiger partial charge in [-0.25, -0.2) is 9.98 Å². The number of hydrogen-bond acceptors (Lipinski definition) is 5. The number of rotatable bonds is 9. The molecule has 0 bridgehead atoms. The SMILES string of the molecule is COCCOc1ncccc1CN=C(N)NCCc1cccs1. The predicted octanol–water partition coefficient (Wildman–Crippen LogP) is 1.82. The van der Waals surface area contributed by atoms with Gasteiger partial charge in [0, 0.05) is 30.3 Å². The van der Waals surface area contributed by atoms with Crippen LogP contribution in [0.5, 0.6) is 5.88 Å². The van der Waals surface area contributed by atoms with Crippen molar-refractivity contribution < 1.29 is 9.47 Å². The van der Waals surface area contributed by atoms with Gasteiger partial charge in [-0.2, -0.15) is 0 Å². The number of ether oxygens (including phenoxy) is 2.